The van der Waals surface area contributed by atoms with Gasteiger partial charge in [0, 0.05) is 0 Å². The summed E-state index contributed by atoms with van der Waals surface area (Å²) in [7, 11) is 3.27. The van der Waals surface area contributed by atoms with Crippen molar-refractivity contribution in [2.24, 2.45) is 5.92 Å². The number of aliphatic carboxylic acids is 1. The lowest BCUT2D eigenvalue weighted by molar-refractivity contribution is -0.143. The number of hydrogen-bond donors (Lipinski definition) is 1. The molecule has 0 aromatic heterocycles. The van der Waals surface area contributed by atoms with Crippen molar-refractivity contribution < 1.29 is 24.1 Å². The molecular weight excluding hydrogens is 442 g/mol. The smallest absolute Gasteiger partial charge is 0.306 e. The highest BCUT2D eigenvalue weighted by Crippen LogP contribution is 2.43. The number of hydrogen-bond acceptors (Lipinski definition) is 5. The second-order valence-electron chi connectivity index (χ2n) is 8.99. The topological polar surface area (TPSA) is 68.2 Å². The molecule has 0 spiro atoms. The number of carboxylic acid groups (broad SMARTS) is 1. The van der Waals surface area contributed by atoms with Crippen molar-refractivity contribution in [2.45, 2.75) is 32.4 Å². The first-order valence-corrected chi connectivity index (χ1v) is 12.0. The first-order valence-electron chi connectivity index (χ1n) is 12.0. The fourth-order valence-corrected chi connectivity index (χ4v) is 4.79. The molecule has 6 nitrogen and oxygen atoms in total. The molecule has 3 aromatic carbocycles. The molecule has 35 heavy (non-hydrogen) atoms. The minimum absolute atomic E-state index is 0.0596. The zero-order valence-corrected chi connectivity index (χ0v) is 20.6. The van der Waals surface area contributed by atoms with Gasteiger partial charge in [-0.25, -0.2) is 0 Å². The minimum Gasteiger partial charge on any atom is -0.493 e. The summed E-state index contributed by atoms with van der Waals surface area (Å²) >= 11 is 0. The van der Waals surface area contributed by atoms with Crippen LogP contribution in [0.2, 0.25) is 0 Å². The Bertz CT molecular complexity index is 1110. The number of benzene rings is 3. The molecular formula is C29H33NO5. The minimum atomic E-state index is -0.708. The predicted octanol–water partition coefficient (Wildman–Crippen LogP) is 5.48. The number of methoxy groups -OCH3 is 2. The van der Waals surface area contributed by atoms with Crippen molar-refractivity contribution in [1.82, 2.24) is 4.90 Å². The van der Waals surface area contributed by atoms with Crippen molar-refractivity contribution in [2.75, 3.05) is 27.3 Å². The zero-order valence-electron chi connectivity index (χ0n) is 20.6. The van der Waals surface area contributed by atoms with Crippen LogP contribution in [0.3, 0.4) is 0 Å². The Hall–Kier alpha value is -3.51. The summed E-state index contributed by atoms with van der Waals surface area (Å²) in [4.78, 5) is 13.9. The van der Waals surface area contributed by atoms with Crippen molar-refractivity contribution in [3.05, 3.63) is 89.0 Å². The number of rotatable bonds is 9. The summed E-state index contributed by atoms with van der Waals surface area (Å²) < 4.78 is 17.7. The van der Waals surface area contributed by atoms with Gasteiger partial charge in [0.05, 0.1) is 26.2 Å². The average molecular weight is 476 g/mol. The van der Waals surface area contributed by atoms with Gasteiger partial charge in [0.2, 0.25) is 5.75 Å². The molecule has 1 heterocycles. The molecule has 0 aliphatic carbocycles. The Balaban J connectivity index is 1.70. The third kappa shape index (κ3) is 5.77. The highest BCUT2D eigenvalue weighted by Gasteiger charge is 2.31. The van der Waals surface area contributed by atoms with Gasteiger partial charge < -0.3 is 19.3 Å². The fourth-order valence-electron chi connectivity index (χ4n) is 4.79. The molecule has 6 heteroatoms. The Labute approximate surface area is 207 Å². The SMILES string of the molecule is COc1cc(C(c2cccc(C)c2)N2CCC(C(=O)O)CC2)cc(OC)c1OCc1ccccc1. The van der Waals surface area contributed by atoms with Gasteiger partial charge in [-0.15, -0.1) is 0 Å². The van der Waals surface area contributed by atoms with Gasteiger partial charge in [0.15, 0.2) is 11.5 Å². The Kier molecular flexibility index (Phi) is 7.93. The van der Waals surface area contributed by atoms with Crippen LogP contribution in [0.5, 0.6) is 17.2 Å². The van der Waals surface area contributed by atoms with E-state index in [0.29, 0.717) is 49.8 Å². The number of carboxylic acids is 1. The van der Waals surface area contributed by atoms with Gasteiger partial charge in [-0.2, -0.15) is 0 Å². The van der Waals surface area contributed by atoms with E-state index in [-0.39, 0.29) is 12.0 Å². The van der Waals surface area contributed by atoms with E-state index in [0.717, 1.165) is 16.7 Å². The van der Waals surface area contributed by atoms with Crippen LogP contribution in [0, 0.1) is 12.8 Å². The molecule has 1 atom stereocenters. The largest absolute Gasteiger partial charge is 0.493 e. The number of carbonyl (C=O) groups is 1. The van der Waals surface area contributed by atoms with Crippen LogP contribution in [-0.2, 0) is 11.4 Å². The molecule has 1 aliphatic rings. The molecule has 4 rings (SSSR count). The number of aryl methyl sites for hydroxylation is 1. The predicted molar refractivity (Wildman–Crippen MR) is 135 cm³/mol. The van der Waals surface area contributed by atoms with Crippen molar-refractivity contribution in [3.63, 3.8) is 0 Å². The quantitative estimate of drug-likeness (QED) is 0.442. The molecule has 1 N–H and O–H groups in total. The molecule has 3 aromatic rings. The normalized spacial score (nSPS) is 15.4. The van der Waals surface area contributed by atoms with Crippen LogP contribution < -0.4 is 14.2 Å². The van der Waals surface area contributed by atoms with E-state index >= 15 is 0 Å². The number of ether oxygens (including phenoxy) is 3. The zero-order chi connectivity index (χ0) is 24.8. The highest BCUT2D eigenvalue weighted by atomic mass is 16.5. The molecule has 0 bridgehead atoms. The molecule has 1 unspecified atom stereocenters. The number of likely N-dealkylation sites (tertiary alicyclic amines) is 1. The van der Waals surface area contributed by atoms with E-state index in [1.807, 2.05) is 42.5 Å². The summed E-state index contributed by atoms with van der Waals surface area (Å²) in [6.07, 6.45) is 1.26. The van der Waals surface area contributed by atoms with Crippen LogP contribution in [0.25, 0.3) is 0 Å². The maximum absolute atomic E-state index is 11.5. The maximum atomic E-state index is 11.5. The summed E-state index contributed by atoms with van der Waals surface area (Å²) in [5.74, 6) is 0.777. The summed E-state index contributed by atoms with van der Waals surface area (Å²) in [5, 5.41) is 9.47. The summed E-state index contributed by atoms with van der Waals surface area (Å²) in [6, 6.07) is 22.4. The standard InChI is InChI=1S/C29H33NO5/c1-20-8-7-11-23(16-20)27(30-14-12-22(13-15-30)29(31)32)24-17-25(33-2)28(26(18-24)34-3)35-19-21-9-5-4-6-10-21/h4-11,16-18,22,27H,12-15,19H2,1-3H3,(H,31,32). The Morgan fingerprint density at radius 3 is 2.17 bits per heavy atom. The molecule has 1 fully saturated rings. The van der Waals surface area contributed by atoms with E-state index in [9.17, 15) is 9.90 Å². The van der Waals surface area contributed by atoms with Gasteiger partial charge in [0.25, 0.3) is 0 Å². The molecule has 1 saturated heterocycles. The van der Waals surface area contributed by atoms with Gasteiger partial charge in [-0.1, -0.05) is 60.2 Å². The van der Waals surface area contributed by atoms with Crippen molar-refractivity contribution >= 4 is 5.97 Å². The van der Waals surface area contributed by atoms with Crippen LogP contribution in [0.15, 0.2) is 66.7 Å². The first-order chi connectivity index (χ1) is 17.0. The van der Waals surface area contributed by atoms with E-state index in [1.165, 1.54) is 5.56 Å². The lowest BCUT2D eigenvalue weighted by Gasteiger charge is -2.37. The van der Waals surface area contributed by atoms with Crippen LogP contribution in [-0.4, -0.2) is 43.3 Å². The van der Waals surface area contributed by atoms with E-state index in [1.54, 1.807) is 14.2 Å². The van der Waals surface area contributed by atoms with E-state index in [2.05, 4.69) is 36.1 Å². The van der Waals surface area contributed by atoms with Crippen molar-refractivity contribution in [3.8, 4) is 17.2 Å². The monoisotopic (exact) mass is 475 g/mol. The lowest BCUT2D eigenvalue weighted by atomic mass is 9.90. The third-order valence-electron chi connectivity index (χ3n) is 6.63. The first kappa shape index (κ1) is 24.6. The van der Waals surface area contributed by atoms with Gasteiger partial charge >= 0.3 is 5.97 Å². The molecule has 1 aliphatic heterocycles. The van der Waals surface area contributed by atoms with Gasteiger partial charge in [-0.05, 0) is 61.7 Å². The van der Waals surface area contributed by atoms with Crippen LogP contribution in [0.4, 0.5) is 0 Å². The average Bonchev–Trinajstić information content (AvgIpc) is 2.88. The van der Waals surface area contributed by atoms with Crippen molar-refractivity contribution in [1.29, 1.82) is 0 Å². The third-order valence-corrected chi connectivity index (χ3v) is 6.63. The second-order valence-corrected chi connectivity index (χ2v) is 8.99. The number of nitrogens with zero attached hydrogens (tertiary/aromatic N) is 1. The van der Waals surface area contributed by atoms with Crippen LogP contribution >= 0.6 is 0 Å². The molecule has 0 radical (unpaired) electrons. The Morgan fingerprint density at radius 1 is 0.943 bits per heavy atom. The molecule has 0 saturated carbocycles. The van der Waals surface area contributed by atoms with E-state index in [4.69, 9.17) is 14.2 Å². The second kappa shape index (κ2) is 11.3. The van der Waals surface area contributed by atoms with Crippen LogP contribution in [0.1, 0.15) is 41.1 Å². The van der Waals surface area contributed by atoms with Gasteiger partial charge in [0.1, 0.15) is 6.61 Å². The lowest BCUT2D eigenvalue weighted by Crippen LogP contribution is -2.39. The summed E-state index contributed by atoms with van der Waals surface area (Å²) in [5.41, 5.74) is 4.40. The molecule has 184 valence electrons. The van der Waals surface area contributed by atoms with Gasteiger partial charge in [-0.3, -0.25) is 9.69 Å². The maximum Gasteiger partial charge on any atom is 0.306 e. The highest BCUT2D eigenvalue weighted by molar-refractivity contribution is 5.70. The van der Waals surface area contributed by atoms with E-state index < -0.39 is 5.97 Å². The summed E-state index contributed by atoms with van der Waals surface area (Å²) in [6.45, 7) is 3.88. The molecule has 0 amide bonds. The number of piperidine rings is 1. The fraction of sp³-hybridized carbons (Fsp3) is 0.345. The Morgan fingerprint density at radius 2 is 1.60 bits per heavy atom.